The van der Waals surface area contributed by atoms with Gasteiger partial charge in [0.05, 0.1) is 24.6 Å². The Labute approximate surface area is 854 Å². The van der Waals surface area contributed by atoms with Gasteiger partial charge in [0.2, 0.25) is 23.1 Å². The van der Waals surface area contributed by atoms with Gasteiger partial charge in [-0.1, -0.05) is 177 Å². The zero-order valence-electron chi connectivity index (χ0n) is 78.9. The number of oxime groups is 4. The lowest BCUT2D eigenvalue weighted by Crippen LogP contribution is -2.18. The summed E-state index contributed by atoms with van der Waals surface area (Å²) in [6, 6.07) is 96.0. The molecule has 15 aromatic rings. The standard InChI is InChI=1S/C34H24N2O6S.C30H22N2O6S.C23H17N3O7S.C23H18N2O5S/c1-21-7-14-28(36(40)41)20-31(21)32(35-42-22(2)37)34(39)25-12-17-30(18-13-25)43-29-15-10-24(11-16-29)33(38)27-9-8-23-5-3-4-6-26(23)19-27;1-19-8-13-24(32(36)37)18-27(19)28(31-38-20(2)33)30(35)23-11-16-26(17-12-23)39-25-14-9-22(10-15-25)29(34)21-6-4-3-5-7-21;1-14-3-6-18(26(31)32)13-21(14)22(24-33-15(2)27)23(28)16-4-9-19(10-5-16)34-20-11-7-17(8-12-20)25(29)30;1-15-8-11-18(25(28)29)14-21(15)22(24-30-16(2)26)23(27)17-9-12-20(13-10-17)31-19-6-4-3-5-7-19/h3-20H,1-2H3;3-18H,1-2H3;3-13H,1-2H3;3-14H,1-2H3/b35-32+;31-28+;2*24-22+. The van der Waals surface area contributed by atoms with Crippen molar-refractivity contribution >= 4 is 168 Å². The van der Waals surface area contributed by atoms with Gasteiger partial charge in [0, 0.05) is 194 Å². The molecule has 0 aliphatic carbocycles. The van der Waals surface area contributed by atoms with Crippen LogP contribution in [0.1, 0.15) is 145 Å². The van der Waals surface area contributed by atoms with Crippen molar-refractivity contribution in [1.82, 2.24) is 0 Å². The van der Waals surface area contributed by atoms with Crippen molar-refractivity contribution in [3.8, 4) is 0 Å². The second-order valence-electron chi connectivity index (χ2n) is 31.6. The van der Waals surface area contributed by atoms with Gasteiger partial charge in [-0.15, -0.1) is 0 Å². The minimum atomic E-state index is -0.747. The van der Waals surface area contributed by atoms with Crippen LogP contribution in [0.2, 0.25) is 0 Å². The number of nitro benzene ring substituents is 5. The van der Waals surface area contributed by atoms with Crippen molar-refractivity contribution in [3.63, 3.8) is 0 Å². The molecule has 15 rings (SSSR count). The van der Waals surface area contributed by atoms with Gasteiger partial charge in [-0.05, 0) is 237 Å². The number of aryl methyl sites for hydroxylation is 4. The molecule has 33 nitrogen and oxygen atoms in total. The lowest BCUT2D eigenvalue weighted by molar-refractivity contribution is -0.385. The van der Waals surface area contributed by atoms with Gasteiger partial charge in [0.25, 0.3) is 28.4 Å². The molecule has 0 saturated heterocycles. The third-order valence-corrected chi connectivity index (χ3v) is 25.2. The summed E-state index contributed by atoms with van der Waals surface area (Å²) in [4.78, 5) is 203. The van der Waals surface area contributed by atoms with Crippen LogP contribution >= 0.6 is 47.0 Å². The van der Waals surface area contributed by atoms with E-state index in [1.165, 1.54) is 120 Å². The summed E-state index contributed by atoms with van der Waals surface area (Å²) in [7, 11) is 0. The smallest absolute Gasteiger partial charge is 0.318 e. The molecule has 734 valence electrons. The summed E-state index contributed by atoms with van der Waals surface area (Å²) in [5, 5.41) is 72.7. The summed E-state index contributed by atoms with van der Waals surface area (Å²) >= 11 is 5.80. The van der Waals surface area contributed by atoms with Crippen LogP contribution in [-0.2, 0) is 38.5 Å². The van der Waals surface area contributed by atoms with Crippen LogP contribution in [0, 0.1) is 78.3 Å². The number of carbonyl (C=O) groups excluding carboxylic acids is 10. The zero-order chi connectivity index (χ0) is 106. The van der Waals surface area contributed by atoms with Crippen molar-refractivity contribution in [2.24, 2.45) is 20.6 Å². The topological polar surface area (TPSA) is 473 Å². The number of ketones is 6. The molecule has 0 heterocycles. The number of nitro groups is 5. The van der Waals surface area contributed by atoms with Crippen LogP contribution in [0.3, 0.4) is 0 Å². The molecule has 0 aliphatic heterocycles. The molecule has 0 amide bonds. The van der Waals surface area contributed by atoms with Gasteiger partial charge in [0.1, 0.15) is 0 Å². The van der Waals surface area contributed by atoms with Crippen LogP contribution in [0.5, 0.6) is 0 Å². The van der Waals surface area contributed by atoms with Gasteiger partial charge in [-0.25, -0.2) is 19.2 Å². The minimum Gasteiger partial charge on any atom is -0.318 e. The molecule has 15 aromatic carbocycles. The Morgan fingerprint density at radius 3 is 0.680 bits per heavy atom. The number of hydrogen-bond acceptors (Lipinski definition) is 32. The fourth-order valence-electron chi connectivity index (χ4n) is 13.7. The number of nitrogens with zero attached hydrogens (tertiary/aromatic N) is 9. The number of carbonyl (C=O) groups is 10. The normalized spacial score (nSPS) is 11.1. The summed E-state index contributed by atoms with van der Waals surface area (Å²) in [5.74, 6) is -5.24. The molecule has 0 N–H and O–H groups in total. The second-order valence-corrected chi connectivity index (χ2v) is 36.2. The predicted octanol–water partition coefficient (Wildman–Crippen LogP) is 24.3. The van der Waals surface area contributed by atoms with Crippen molar-refractivity contribution in [2.45, 2.75) is 94.6 Å². The third kappa shape index (κ3) is 29.8. The first kappa shape index (κ1) is 107. The predicted molar refractivity (Wildman–Crippen MR) is 554 cm³/mol. The SMILES string of the molecule is CC(=O)O/N=C(/C(=O)c1ccc(Sc2ccc(C(=O)c3ccc4ccccc4c3)cc2)cc1)c1cc([N+](=O)[O-])ccc1C.CC(=O)O/N=C(/C(=O)c1ccc(Sc2ccc(C(=O)c3ccccc3)cc2)cc1)c1cc([N+](=O)[O-])ccc1C.CC(=O)O/N=C(/C(=O)c1ccc(Sc2ccc([N+](=O)[O-])cc2)cc1)c1cc([N+](=O)[O-])ccc1C.CC(=O)O/N=C(/C(=O)c1ccc(Sc2ccccc2)cc1)c1cc([N+](=O)[O-])ccc1C. The first-order chi connectivity index (χ1) is 70.4. The van der Waals surface area contributed by atoms with Crippen molar-refractivity contribution < 1.29 is 91.9 Å². The van der Waals surface area contributed by atoms with E-state index in [4.69, 9.17) is 19.4 Å². The maximum atomic E-state index is 13.4. The minimum absolute atomic E-state index is 0.0127. The van der Waals surface area contributed by atoms with Crippen LogP contribution in [0.25, 0.3) is 10.8 Å². The first-order valence-corrected chi connectivity index (χ1v) is 47.2. The molecule has 37 heteroatoms. The number of non-ortho nitro benzene ring substituents is 5. The Balaban J connectivity index is 0.000000175. The first-order valence-electron chi connectivity index (χ1n) is 43.9. The number of benzene rings is 15. The Morgan fingerprint density at radius 2 is 0.422 bits per heavy atom. The molecule has 0 bridgehead atoms. The summed E-state index contributed by atoms with van der Waals surface area (Å²) in [5.41, 5.74) is 4.74. The van der Waals surface area contributed by atoms with E-state index in [1.807, 2.05) is 115 Å². The lowest BCUT2D eigenvalue weighted by atomic mass is 9.97. The molecule has 0 aliphatic rings. The maximum absolute atomic E-state index is 13.4. The van der Waals surface area contributed by atoms with Crippen LogP contribution in [0.4, 0.5) is 28.4 Å². The van der Waals surface area contributed by atoms with Crippen molar-refractivity contribution in [2.75, 3.05) is 0 Å². The number of fused-ring (bicyclic) bond motifs is 1. The average Bonchev–Trinajstić information content (AvgIpc) is 0.810. The zero-order valence-corrected chi connectivity index (χ0v) is 82.1. The van der Waals surface area contributed by atoms with Crippen molar-refractivity contribution in [1.29, 1.82) is 0 Å². The fourth-order valence-corrected chi connectivity index (χ4v) is 17.0. The molecule has 0 fully saturated rings. The number of rotatable bonds is 33. The maximum Gasteiger partial charge on any atom is 0.332 e. The van der Waals surface area contributed by atoms with Crippen LogP contribution < -0.4 is 0 Å². The summed E-state index contributed by atoms with van der Waals surface area (Å²) in [6.45, 7) is 11.3. The Morgan fingerprint density at radius 1 is 0.218 bits per heavy atom. The van der Waals surface area contributed by atoms with E-state index in [2.05, 4.69) is 20.6 Å². The van der Waals surface area contributed by atoms with Gasteiger partial charge < -0.3 is 19.4 Å². The second kappa shape index (κ2) is 50.8. The third-order valence-electron chi connectivity index (χ3n) is 21.2. The van der Waals surface area contributed by atoms with E-state index >= 15 is 0 Å². The van der Waals surface area contributed by atoms with Crippen LogP contribution in [-0.4, -0.2) is 106 Å². The van der Waals surface area contributed by atoms with Gasteiger partial charge in [0.15, 0.2) is 34.4 Å². The van der Waals surface area contributed by atoms with E-state index in [0.717, 1.165) is 77.6 Å². The molecular weight excluding hydrogens is 1960 g/mol. The quantitative estimate of drug-likeness (QED) is 0.0121. The van der Waals surface area contributed by atoms with E-state index in [9.17, 15) is 98.5 Å². The van der Waals surface area contributed by atoms with E-state index in [-0.39, 0.29) is 102 Å². The fraction of sp³-hybridized carbons (Fsp3) is 0.0727. The number of hydrogen-bond donors (Lipinski definition) is 0. The molecule has 0 radical (unpaired) electrons. The summed E-state index contributed by atoms with van der Waals surface area (Å²) < 4.78 is 0. The molecule has 0 aromatic heterocycles. The van der Waals surface area contributed by atoms with Crippen LogP contribution in [0.15, 0.2) is 406 Å². The largest absolute Gasteiger partial charge is 0.332 e. The van der Waals surface area contributed by atoms with Crippen molar-refractivity contribution in [3.05, 3.63) is 485 Å². The average molecular weight is 2040 g/mol. The van der Waals surface area contributed by atoms with E-state index in [0.29, 0.717) is 50.1 Å². The highest BCUT2D eigenvalue weighted by Crippen LogP contribution is 2.36. The molecule has 0 spiro atoms. The molecule has 0 saturated carbocycles. The highest BCUT2D eigenvalue weighted by molar-refractivity contribution is 8.00. The van der Waals surface area contributed by atoms with E-state index in [1.54, 1.807) is 185 Å². The monoisotopic (exact) mass is 2040 g/mol. The van der Waals surface area contributed by atoms with E-state index < -0.39 is 71.6 Å². The van der Waals surface area contributed by atoms with Gasteiger partial charge in [-0.3, -0.25) is 79.3 Å². The number of Topliss-reactive ketones (excluding diaryl/α,β-unsaturated/α-hetero) is 4. The molecule has 0 atom stereocenters. The Hall–Kier alpha value is -18.5. The Bertz CT molecular complexity index is 7770. The lowest BCUT2D eigenvalue weighted by Gasteiger charge is -2.09. The van der Waals surface area contributed by atoms with Gasteiger partial charge >= 0.3 is 23.9 Å². The highest BCUT2D eigenvalue weighted by Gasteiger charge is 2.29. The molecule has 147 heavy (non-hydrogen) atoms. The molecule has 0 unspecified atom stereocenters. The highest BCUT2D eigenvalue weighted by atomic mass is 32.2. The molecular formula is C110H81N9O24S4. The Kier molecular flexibility index (Phi) is 37.1. The van der Waals surface area contributed by atoms with Gasteiger partial charge in [-0.2, -0.15) is 0 Å². The summed E-state index contributed by atoms with van der Waals surface area (Å²) in [6.07, 6.45) is 0.